The van der Waals surface area contributed by atoms with Crippen LogP contribution in [0, 0.1) is 6.92 Å². The number of hydrogen-bond acceptors (Lipinski definition) is 4. The fraction of sp³-hybridized carbons (Fsp3) is 0.333. The number of pyridine rings is 1. The predicted molar refractivity (Wildman–Crippen MR) is 98.5 cm³/mol. The van der Waals surface area contributed by atoms with Gasteiger partial charge in [0.15, 0.2) is 0 Å². The summed E-state index contributed by atoms with van der Waals surface area (Å²) in [5.74, 6) is -0.231. The topological polar surface area (TPSA) is 63.2 Å². The lowest BCUT2D eigenvalue weighted by Crippen LogP contribution is -2.19. The van der Waals surface area contributed by atoms with E-state index >= 15 is 0 Å². The molecule has 0 saturated carbocycles. The zero-order valence-corrected chi connectivity index (χ0v) is 15.1. The van der Waals surface area contributed by atoms with Gasteiger partial charge in [-0.25, -0.2) is 4.98 Å². The summed E-state index contributed by atoms with van der Waals surface area (Å²) in [6, 6.07) is 9.36. The van der Waals surface area contributed by atoms with Gasteiger partial charge in [-0.2, -0.15) is 0 Å². The first-order valence-electron chi connectivity index (χ1n) is 8.01. The summed E-state index contributed by atoms with van der Waals surface area (Å²) in [5.41, 5.74) is 3.12. The number of aromatic nitrogens is 1. The molecule has 0 radical (unpaired) electrons. The lowest BCUT2D eigenvalue weighted by Gasteiger charge is -2.12. The van der Waals surface area contributed by atoms with E-state index in [1.54, 1.807) is 12.3 Å². The molecule has 1 saturated heterocycles. The number of nitrogens with zero attached hydrogens (tertiary/aromatic N) is 1. The van der Waals surface area contributed by atoms with E-state index in [1.165, 1.54) is 0 Å². The van der Waals surface area contributed by atoms with Crippen LogP contribution in [0.4, 0.5) is 11.4 Å². The maximum atomic E-state index is 12.3. The van der Waals surface area contributed by atoms with Crippen LogP contribution in [0.2, 0.25) is 0 Å². The van der Waals surface area contributed by atoms with Crippen molar-refractivity contribution in [1.82, 2.24) is 4.98 Å². The van der Waals surface area contributed by atoms with E-state index in [-0.39, 0.29) is 12.0 Å². The number of aryl methyl sites for hydroxylation is 1. The molecule has 3 rings (SSSR count). The van der Waals surface area contributed by atoms with Crippen LogP contribution in [-0.4, -0.2) is 30.1 Å². The fourth-order valence-corrected chi connectivity index (χ4v) is 3.17. The Morgan fingerprint density at radius 3 is 2.92 bits per heavy atom. The number of ether oxygens (including phenoxy) is 1. The van der Waals surface area contributed by atoms with Gasteiger partial charge in [0.05, 0.1) is 23.7 Å². The highest BCUT2D eigenvalue weighted by Gasteiger charge is 2.15. The lowest BCUT2D eigenvalue weighted by molar-refractivity contribution is 0.102. The number of nitrogens with one attached hydrogen (secondary N) is 2. The molecule has 2 N–H and O–H groups in total. The van der Waals surface area contributed by atoms with Crippen LogP contribution in [0.1, 0.15) is 28.9 Å². The van der Waals surface area contributed by atoms with Crippen LogP contribution in [0.5, 0.6) is 0 Å². The van der Waals surface area contributed by atoms with Crippen molar-refractivity contribution in [2.24, 2.45) is 0 Å². The number of rotatable bonds is 5. The summed E-state index contributed by atoms with van der Waals surface area (Å²) in [6.07, 6.45) is 4.16. The molecule has 1 unspecified atom stereocenters. The molecule has 1 aliphatic rings. The summed E-state index contributed by atoms with van der Waals surface area (Å²) in [7, 11) is 0. The molecular weight excluding hydrogens is 370 g/mol. The number of hydrogen-bond donors (Lipinski definition) is 2. The van der Waals surface area contributed by atoms with E-state index in [4.69, 9.17) is 4.74 Å². The molecule has 0 bridgehead atoms. The quantitative estimate of drug-likeness (QED) is 0.810. The number of amides is 1. The number of carbonyl (C=O) groups excluding carboxylic acids is 1. The fourth-order valence-electron chi connectivity index (χ4n) is 2.58. The van der Waals surface area contributed by atoms with Crippen LogP contribution in [0.3, 0.4) is 0 Å². The number of halogens is 1. The zero-order chi connectivity index (χ0) is 16.9. The predicted octanol–water partition coefficient (Wildman–Crippen LogP) is 4.00. The van der Waals surface area contributed by atoms with Gasteiger partial charge in [0.1, 0.15) is 5.69 Å². The minimum Gasteiger partial charge on any atom is -0.381 e. The molecule has 6 heteroatoms. The van der Waals surface area contributed by atoms with E-state index in [0.717, 1.165) is 47.4 Å². The number of carbonyl (C=O) groups is 1. The number of anilines is 2. The van der Waals surface area contributed by atoms with Crippen molar-refractivity contribution in [3.8, 4) is 0 Å². The third-order valence-electron chi connectivity index (χ3n) is 3.93. The molecular formula is C18H20BrN3O2. The van der Waals surface area contributed by atoms with Crippen LogP contribution in [-0.2, 0) is 4.74 Å². The van der Waals surface area contributed by atoms with Gasteiger partial charge < -0.3 is 15.4 Å². The van der Waals surface area contributed by atoms with E-state index < -0.39 is 0 Å². The first kappa shape index (κ1) is 16.9. The van der Waals surface area contributed by atoms with Crippen molar-refractivity contribution in [2.75, 3.05) is 23.8 Å². The Balaban J connectivity index is 1.58. The second-order valence-electron chi connectivity index (χ2n) is 5.89. The molecule has 1 aromatic carbocycles. The Labute approximate surface area is 149 Å². The molecule has 5 nitrogen and oxygen atoms in total. The summed E-state index contributed by atoms with van der Waals surface area (Å²) < 4.78 is 6.42. The lowest BCUT2D eigenvalue weighted by atomic mass is 10.2. The summed E-state index contributed by atoms with van der Waals surface area (Å²) >= 11 is 3.46. The highest BCUT2D eigenvalue weighted by atomic mass is 79.9. The Hall–Kier alpha value is -1.92. The molecule has 1 aromatic heterocycles. The molecule has 0 spiro atoms. The molecule has 1 fully saturated rings. The van der Waals surface area contributed by atoms with Gasteiger partial charge in [0, 0.05) is 17.6 Å². The highest BCUT2D eigenvalue weighted by molar-refractivity contribution is 9.10. The zero-order valence-electron chi connectivity index (χ0n) is 13.5. The molecule has 1 amide bonds. The average molecular weight is 390 g/mol. The van der Waals surface area contributed by atoms with Crippen molar-refractivity contribution in [2.45, 2.75) is 25.9 Å². The number of benzene rings is 1. The first-order valence-corrected chi connectivity index (χ1v) is 8.80. The maximum absolute atomic E-state index is 12.3. The second-order valence-corrected chi connectivity index (χ2v) is 6.74. The van der Waals surface area contributed by atoms with Crippen LogP contribution in [0.15, 0.2) is 41.0 Å². The molecule has 0 aliphatic carbocycles. The molecule has 1 aliphatic heterocycles. The molecule has 2 heterocycles. The standard InChI is InChI=1S/C18H20BrN3O2/c1-12-4-6-16(15(19)9-12)22-18(23)17-7-5-13(10-21-17)20-11-14-3-2-8-24-14/h4-7,9-10,14,20H,2-3,8,11H2,1H3,(H,22,23). The van der Waals surface area contributed by atoms with E-state index in [0.29, 0.717) is 5.69 Å². The highest BCUT2D eigenvalue weighted by Crippen LogP contribution is 2.24. The SMILES string of the molecule is Cc1ccc(NC(=O)c2ccc(NCC3CCCO3)cn2)c(Br)c1. The largest absolute Gasteiger partial charge is 0.381 e. The molecule has 126 valence electrons. The Morgan fingerprint density at radius 1 is 1.38 bits per heavy atom. The van der Waals surface area contributed by atoms with Crippen molar-refractivity contribution >= 4 is 33.2 Å². The Bertz CT molecular complexity index is 713. The molecule has 24 heavy (non-hydrogen) atoms. The summed E-state index contributed by atoms with van der Waals surface area (Å²) in [6.45, 7) is 3.61. The molecule has 2 aromatic rings. The van der Waals surface area contributed by atoms with Gasteiger partial charge in [0.2, 0.25) is 0 Å². The van der Waals surface area contributed by atoms with Crippen molar-refractivity contribution < 1.29 is 9.53 Å². The minimum absolute atomic E-state index is 0.231. The molecule has 1 atom stereocenters. The smallest absolute Gasteiger partial charge is 0.274 e. The van der Waals surface area contributed by atoms with Gasteiger partial charge in [0.25, 0.3) is 5.91 Å². The third-order valence-corrected chi connectivity index (χ3v) is 4.58. The van der Waals surface area contributed by atoms with Gasteiger partial charge in [-0.3, -0.25) is 4.79 Å². The monoisotopic (exact) mass is 389 g/mol. The van der Waals surface area contributed by atoms with Gasteiger partial charge >= 0.3 is 0 Å². The van der Waals surface area contributed by atoms with Gasteiger partial charge in [-0.05, 0) is 65.5 Å². The minimum atomic E-state index is -0.231. The van der Waals surface area contributed by atoms with Crippen molar-refractivity contribution in [3.63, 3.8) is 0 Å². The summed E-state index contributed by atoms with van der Waals surface area (Å²) in [4.78, 5) is 16.5. The first-order chi connectivity index (χ1) is 11.6. The van der Waals surface area contributed by atoms with E-state index in [1.807, 2.05) is 31.2 Å². The van der Waals surface area contributed by atoms with Crippen LogP contribution in [0.25, 0.3) is 0 Å². The summed E-state index contributed by atoms with van der Waals surface area (Å²) in [5, 5.41) is 6.15. The Kier molecular flexibility index (Phi) is 5.48. The second kappa shape index (κ2) is 7.77. The maximum Gasteiger partial charge on any atom is 0.274 e. The third kappa shape index (κ3) is 4.33. The van der Waals surface area contributed by atoms with Gasteiger partial charge in [-0.15, -0.1) is 0 Å². The normalized spacial score (nSPS) is 16.8. The van der Waals surface area contributed by atoms with Gasteiger partial charge in [-0.1, -0.05) is 6.07 Å². The van der Waals surface area contributed by atoms with Crippen LogP contribution >= 0.6 is 15.9 Å². The van der Waals surface area contributed by atoms with Crippen LogP contribution < -0.4 is 10.6 Å². The van der Waals surface area contributed by atoms with Crippen molar-refractivity contribution in [1.29, 1.82) is 0 Å². The van der Waals surface area contributed by atoms with E-state index in [2.05, 4.69) is 31.5 Å². The van der Waals surface area contributed by atoms with E-state index in [9.17, 15) is 4.79 Å². The Morgan fingerprint density at radius 2 is 2.25 bits per heavy atom. The average Bonchev–Trinajstić information content (AvgIpc) is 3.09. The van der Waals surface area contributed by atoms with Crippen molar-refractivity contribution in [3.05, 3.63) is 52.3 Å².